The molecule has 0 amide bonds. The molecule has 4 N–H and O–H groups in total. The lowest BCUT2D eigenvalue weighted by atomic mass is 10.1. The highest BCUT2D eigenvalue weighted by Gasteiger charge is 2.43. The molecule has 14 heteroatoms. The van der Waals surface area contributed by atoms with Crippen LogP contribution in [0.25, 0.3) is 11.2 Å². The lowest BCUT2D eigenvalue weighted by Gasteiger charge is -2.36. The summed E-state index contributed by atoms with van der Waals surface area (Å²) >= 11 is 0. The minimum atomic E-state index is -3.75. The SMILES string of the molecule is CC(C)OC(=O)C(C)(C)NP(=O)(CO[C@H](C)Cn1cnc2c(N)ncnc21)NC(C)(C)C(=O)OC(C)C. The zero-order valence-electron chi connectivity index (χ0n) is 23.1. The summed E-state index contributed by atoms with van der Waals surface area (Å²) in [5.41, 5.74) is 4.16. The molecular weight excluding hydrogens is 501 g/mol. The number of hydrogen-bond acceptors (Lipinski definition) is 10. The molecule has 0 fully saturated rings. The molecule has 0 aliphatic rings. The third-order valence-corrected chi connectivity index (χ3v) is 7.40. The summed E-state index contributed by atoms with van der Waals surface area (Å²) in [6.07, 6.45) is 1.40. The van der Waals surface area contributed by atoms with Gasteiger partial charge in [-0.25, -0.2) is 25.1 Å². The molecule has 2 aromatic heterocycles. The molecule has 1 atom stereocenters. The number of esters is 2. The smallest absolute Gasteiger partial charge is 0.326 e. The molecule has 0 unspecified atom stereocenters. The maximum atomic E-state index is 14.2. The first-order valence-electron chi connectivity index (χ1n) is 12.1. The predicted octanol–water partition coefficient (Wildman–Crippen LogP) is 2.60. The minimum Gasteiger partial charge on any atom is -0.462 e. The topological polar surface area (TPSA) is 173 Å². The summed E-state index contributed by atoms with van der Waals surface area (Å²) in [4.78, 5) is 37.8. The molecular formula is C23H40N7O6P. The lowest BCUT2D eigenvalue weighted by molar-refractivity contribution is -0.153. The average molecular weight is 542 g/mol. The van der Waals surface area contributed by atoms with E-state index in [1.165, 1.54) is 6.33 Å². The fourth-order valence-electron chi connectivity index (χ4n) is 3.40. The van der Waals surface area contributed by atoms with E-state index in [0.717, 1.165) is 0 Å². The van der Waals surface area contributed by atoms with Gasteiger partial charge in [-0.05, 0) is 62.3 Å². The third-order valence-electron chi connectivity index (χ3n) is 5.05. The van der Waals surface area contributed by atoms with Crippen molar-refractivity contribution < 1.29 is 28.4 Å². The van der Waals surface area contributed by atoms with Crippen LogP contribution >= 0.6 is 7.44 Å². The van der Waals surface area contributed by atoms with Crippen molar-refractivity contribution in [3.8, 4) is 0 Å². The van der Waals surface area contributed by atoms with Gasteiger partial charge in [0.15, 0.2) is 11.5 Å². The van der Waals surface area contributed by atoms with Crippen molar-refractivity contribution in [2.24, 2.45) is 0 Å². The Morgan fingerprint density at radius 2 is 1.49 bits per heavy atom. The van der Waals surface area contributed by atoms with Crippen LogP contribution in [0.15, 0.2) is 12.7 Å². The van der Waals surface area contributed by atoms with Crippen LogP contribution < -0.4 is 15.9 Å². The summed E-state index contributed by atoms with van der Waals surface area (Å²) in [5.74, 6) is -0.925. The Hall–Kier alpha value is -2.60. The molecule has 2 heterocycles. The molecule has 0 radical (unpaired) electrons. The lowest BCUT2D eigenvalue weighted by Crippen LogP contribution is -2.54. The molecule has 2 rings (SSSR count). The number of imidazole rings is 1. The van der Waals surface area contributed by atoms with Crippen LogP contribution in [0.4, 0.5) is 5.82 Å². The van der Waals surface area contributed by atoms with E-state index in [4.69, 9.17) is 19.9 Å². The molecule has 0 saturated carbocycles. The normalized spacial score (nSPS) is 13.8. The van der Waals surface area contributed by atoms with Crippen LogP contribution in [-0.4, -0.2) is 67.2 Å². The maximum Gasteiger partial charge on any atom is 0.326 e. The number of ether oxygens (including phenoxy) is 3. The molecule has 0 aliphatic heterocycles. The van der Waals surface area contributed by atoms with Crippen LogP contribution in [0.2, 0.25) is 0 Å². The Balaban J connectivity index is 2.24. The Kier molecular flexibility index (Phi) is 9.81. The van der Waals surface area contributed by atoms with Crippen LogP contribution in [-0.2, 0) is 34.9 Å². The molecule has 0 bridgehead atoms. The second kappa shape index (κ2) is 11.8. The van der Waals surface area contributed by atoms with Gasteiger partial charge in [-0.2, -0.15) is 0 Å². The van der Waals surface area contributed by atoms with E-state index < -0.39 is 36.6 Å². The van der Waals surface area contributed by atoms with Crippen molar-refractivity contribution >= 4 is 36.4 Å². The number of fused-ring (bicyclic) bond motifs is 1. The van der Waals surface area contributed by atoms with Crippen LogP contribution in [0.5, 0.6) is 0 Å². The number of carbonyl (C=O) groups is 2. The van der Waals surface area contributed by atoms with Crippen LogP contribution in [0, 0.1) is 0 Å². The highest BCUT2D eigenvalue weighted by Crippen LogP contribution is 2.42. The van der Waals surface area contributed by atoms with Gasteiger partial charge >= 0.3 is 11.9 Å². The zero-order valence-corrected chi connectivity index (χ0v) is 24.0. The van der Waals surface area contributed by atoms with E-state index >= 15 is 0 Å². The fraction of sp³-hybridized carbons (Fsp3) is 0.696. The summed E-state index contributed by atoms with van der Waals surface area (Å²) in [6, 6.07) is 0. The van der Waals surface area contributed by atoms with Crippen molar-refractivity contribution in [1.82, 2.24) is 29.7 Å². The quantitative estimate of drug-likeness (QED) is 0.250. The highest BCUT2D eigenvalue weighted by atomic mass is 31.2. The fourth-order valence-corrected chi connectivity index (χ4v) is 6.04. The van der Waals surface area contributed by atoms with Crippen molar-refractivity contribution in [2.75, 3.05) is 12.1 Å². The Morgan fingerprint density at radius 3 is 1.97 bits per heavy atom. The number of nitrogen functional groups attached to an aromatic ring is 1. The number of carbonyl (C=O) groups excluding carboxylic acids is 2. The number of anilines is 1. The van der Waals surface area contributed by atoms with Gasteiger partial charge in [-0.3, -0.25) is 14.2 Å². The predicted molar refractivity (Wildman–Crippen MR) is 140 cm³/mol. The van der Waals surface area contributed by atoms with Gasteiger partial charge in [0.1, 0.15) is 29.3 Å². The van der Waals surface area contributed by atoms with E-state index in [0.29, 0.717) is 17.7 Å². The van der Waals surface area contributed by atoms with Gasteiger partial charge in [0.05, 0.1) is 31.2 Å². The zero-order chi connectivity index (χ0) is 28.2. The van der Waals surface area contributed by atoms with E-state index in [1.54, 1.807) is 73.2 Å². The summed E-state index contributed by atoms with van der Waals surface area (Å²) in [7, 11) is -3.75. The van der Waals surface area contributed by atoms with Gasteiger partial charge in [0.25, 0.3) is 0 Å². The Morgan fingerprint density at radius 1 is 0.973 bits per heavy atom. The van der Waals surface area contributed by atoms with Crippen molar-refractivity contribution in [1.29, 1.82) is 0 Å². The van der Waals surface area contributed by atoms with E-state index in [-0.39, 0.29) is 24.4 Å². The number of nitrogens with two attached hydrogens (primary N) is 1. The van der Waals surface area contributed by atoms with Gasteiger partial charge in [0.2, 0.25) is 7.44 Å². The highest BCUT2D eigenvalue weighted by molar-refractivity contribution is 7.59. The molecule has 208 valence electrons. The molecule has 0 aromatic carbocycles. The van der Waals surface area contributed by atoms with E-state index in [9.17, 15) is 14.2 Å². The van der Waals surface area contributed by atoms with E-state index in [2.05, 4.69) is 25.1 Å². The largest absolute Gasteiger partial charge is 0.462 e. The molecule has 13 nitrogen and oxygen atoms in total. The second-order valence-corrected chi connectivity index (χ2v) is 12.7. The third kappa shape index (κ3) is 8.46. The molecule has 0 spiro atoms. The first-order valence-corrected chi connectivity index (χ1v) is 14.0. The van der Waals surface area contributed by atoms with Crippen molar-refractivity contribution in [2.45, 2.75) is 98.2 Å². The summed E-state index contributed by atoms with van der Waals surface area (Å²) in [6.45, 7) is 15.2. The van der Waals surface area contributed by atoms with Gasteiger partial charge in [-0.1, -0.05) is 0 Å². The average Bonchev–Trinajstić information content (AvgIpc) is 3.14. The minimum absolute atomic E-state index is 0.265. The Bertz CT molecular complexity index is 1110. The first-order chi connectivity index (χ1) is 17.0. The molecule has 0 saturated heterocycles. The molecule has 0 aliphatic carbocycles. The molecule has 2 aromatic rings. The van der Waals surface area contributed by atoms with Gasteiger partial charge in [0, 0.05) is 0 Å². The number of aromatic nitrogens is 4. The first kappa shape index (κ1) is 30.6. The van der Waals surface area contributed by atoms with Gasteiger partial charge in [-0.15, -0.1) is 0 Å². The standard InChI is InChI=1S/C23H40N7O6P/c1-14(2)35-20(31)22(6,7)28-37(33,29-23(8,9)21(32)36-15(3)4)13-34-16(5)10-30-12-27-17-18(24)25-11-26-19(17)30/h11-12,14-16H,10,13H2,1-9H3,(H2,24,25,26)(H2,28,29,33)/t16-/m1/s1. The summed E-state index contributed by atoms with van der Waals surface area (Å²) in [5, 5.41) is 5.74. The van der Waals surface area contributed by atoms with Crippen molar-refractivity contribution in [3.63, 3.8) is 0 Å². The van der Waals surface area contributed by atoms with Crippen molar-refractivity contribution in [3.05, 3.63) is 12.7 Å². The van der Waals surface area contributed by atoms with E-state index in [1.807, 2.05) is 0 Å². The van der Waals surface area contributed by atoms with Crippen LogP contribution in [0.1, 0.15) is 62.3 Å². The summed E-state index contributed by atoms with van der Waals surface area (Å²) < 4.78 is 32.5. The van der Waals surface area contributed by atoms with Gasteiger partial charge < -0.3 is 24.5 Å². The van der Waals surface area contributed by atoms with Crippen LogP contribution in [0.3, 0.4) is 0 Å². The monoisotopic (exact) mass is 541 g/mol. The Labute approximate surface area is 217 Å². The second-order valence-electron chi connectivity index (χ2n) is 10.6. The molecule has 37 heavy (non-hydrogen) atoms. The maximum absolute atomic E-state index is 14.2. The number of nitrogens with one attached hydrogen (secondary N) is 2. The number of nitrogens with zero attached hydrogens (tertiary/aromatic N) is 4. The number of rotatable bonds is 13. The number of hydrogen-bond donors (Lipinski definition) is 3.